The summed E-state index contributed by atoms with van der Waals surface area (Å²) in [6.45, 7) is 7.28. The molecule has 1 fully saturated rings. The zero-order chi connectivity index (χ0) is 24.6. The normalized spacial score (nSPS) is 15.7. The zero-order valence-electron chi connectivity index (χ0n) is 21.0. The van der Waals surface area contributed by atoms with Crippen LogP contribution in [0.15, 0.2) is 24.4 Å². The number of aromatic nitrogens is 4. The van der Waals surface area contributed by atoms with Crippen LogP contribution in [0, 0.1) is 0 Å². The summed E-state index contributed by atoms with van der Waals surface area (Å²) in [4.78, 5) is 11.2. The van der Waals surface area contributed by atoms with E-state index in [2.05, 4.69) is 45.3 Å². The molecule has 1 atom stereocenters. The summed E-state index contributed by atoms with van der Waals surface area (Å²) in [5.41, 5.74) is 9.75. The first-order chi connectivity index (χ1) is 17.1. The molecule has 1 aromatic carbocycles. The number of nitrogens with two attached hydrogens (primary N) is 1. The number of hydrogen-bond acceptors (Lipinski definition) is 9. The molecule has 0 radical (unpaired) electrons. The first-order valence-corrected chi connectivity index (χ1v) is 12.3. The van der Waals surface area contributed by atoms with Crippen LogP contribution in [-0.2, 0) is 22.6 Å². The van der Waals surface area contributed by atoms with E-state index in [0.717, 1.165) is 73.7 Å². The van der Waals surface area contributed by atoms with E-state index >= 15 is 0 Å². The summed E-state index contributed by atoms with van der Waals surface area (Å²) in [5, 5.41) is 8.39. The number of nitrogen functional groups attached to an aromatic ring is 1. The minimum Gasteiger partial charge on any atom is -0.496 e. The summed E-state index contributed by atoms with van der Waals surface area (Å²) >= 11 is 0. The van der Waals surface area contributed by atoms with Gasteiger partial charge in [-0.15, -0.1) is 0 Å². The number of ether oxygens (including phenoxy) is 3. The Morgan fingerprint density at radius 3 is 2.89 bits per heavy atom. The maximum atomic E-state index is 6.07. The summed E-state index contributed by atoms with van der Waals surface area (Å²) in [6, 6.07) is 6.73. The molecule has 35 heavy (non-hydrogen) atoms. The summed E-state index contributed by atoms with van der Waals surface area (Å²) in [5.74, 6) is 1.83. The standard InChI is InChI=1S/C25H37N7O3/c1-4-5-9-31(10-12-33-2)24-23-21(28-25(26)29-24)16-32(30-23)15-19-7-6-18(13-22(19)34-3)14-27-20-8-11-35-17-20/h6-7,13,16,20,27H,4-5,8-12,14-15,17H2,1-3H3,(H2,26,28)/t20-/m1/s1. The average Bonchev–Trinajstić information content (AvgIpc) is 3.52. The lowest BCUT2D eigenvalue weighted by Gasteiger charge is -2.23. The minimum atomic E-state index is 0.244. The molecular formula is C25H37N7O3. The molecule has 3 N–H and O–H groups in total. The topological polar surface area (TPSA) is 113 Å². The van der Waals surface area contributed by atoms with Gasteiger partial charge in [-0.05, 0) is 24.5 Å². The van der Waals surface area contributed by atoms with Crippen molar-refractivity contribution in [3.8, 4) is 5.75 Å². The molecule has 0 bridgehead atoms. The van der Waals surface area contributed by atoms with Crippen LogP contribution in [0.4, 0.5) is 11.8 Å². The molecule has 0 saturated carbocycles. The fourth-order valence-electron chi connectivity index (χ4n) is 4.30. The van der Waals surface area contributed by atoms with Crippen molar-refractivity contribution in [1.82, 2.24) is 25.1 Å². The molecule has 0 unspecified atom stereocenters. The first kappa shape index (κ1) is 25.2. The third-order valence-corrected chi connectivity index (χ3v) is 6.26. The van der Waals surface area contributed by atoms with Crippen molar-refractivity contribution in [1.29, 1.82) is 0 Å². The molecule has 10 heteroatoms. The van der Waals surface area contributed by atoms with Gasteiger partial charge in [-0.3, -0.25) is 4.68 Å². The van der Waals surface area contributed by atoms with E-state index < -0.39 is 0 Å². The monoisotopic (exact) mass is 483 g/mol. The summed E-state index contributed by atoms with van der Waals surface area (Å²) in [7, 11) is 3.40. The van der Waals surface area contributed by atoms with Crippen LogP contribution in [0.5, 0.6) is 5.75 Å². The van der Waals surface area contributed by atoms with Crippen molar-refractivity contribution in [2.45, 2.75) is 45.3 Å². The number of nitrogens with zero attached hydrogens (tertiary/aromatic N) is 5. The number of anilines is 2. The number of nitrogens with one attached hydrogen (secondary N) is 1. The summed E-state index contributed by atoms with van der Waals surface area (Å²) in [6.07, 6.45) is 5.10. The molecule has 1 saturated heterocycles. The van der Waals surface area contributed by atoms with Gasteiger partial charge < -0.3 is 30.2 Å². The number of rotatable bonds is 13. The molecule has 0 aliphatic carbocycles. The lowest BCUT2D eigenvalue weighted by Crippen LogP contribution is -2.29. The lowest BCUT2D eigenvalue weighted by molar-refractivity contribution is 0.190. The maximum Gasteiger partial charge on any atom is 0.222 e. The SMILES string of the molecule is CCCCN(CCOC)c1nc(N)nc2cn(Cc3ccc(CN[C@@H]4CCOC4)cc3OC)nc12. The molecule has 190 valence electrons. The van der Waals surface area contributed by atoms with Gasteiger partial charge in [0.05, 0.1) is 33.1 Å². The molecule has 2 aromatic heterocycles. The Labute approximate surface area is 206 Å². The molecule has 10 nitrogen and oxygen atoms in total. The zero-order valence-corrected chi connectivity index (χ0v) is 21.0. The van der Waals surface area contributed by atoms with E-state index in [1.807, 2.05) is 10.9 Å². The Morgan fingerprint density at radius 2 is 2.14 bits per heavy atom. The number of hydrogen-bond donors (Lipinski definition) is 2. The van der Waals surface area contributed by atoms with Crippen LogP contribution in [0.2, 0.25) is 0 Å². The molecule has 0 spiro atoms. The second-order valence-corrected chi connectivity index (χ2v) is 8.89. The van der Waals surface area contributed by atoms with E-state index in [-0.39, 0.29) is 5.95 Å². The smallest absolute Gasteiger partial charge is 0.222 e. The highest BCUT2D eigenvalue weighted by Gasteiger charge is 2.18. The van der Waals surface area contributed by atoms with Crippen molar-refractivity contribution in [2.75, 3.05) is 57.8 Å². The van der Waals surface area contributed by atoms with Crippen molar-refractivity contribution < 1.29 is 14.2 Å². The molecule has 3 heterocycles. The Balaban J connectivity index is 1.55. The van der Waals surface area contributed by atoms with Crippen molar-refractivity contribution in [2.24, 2.45) is 0 Å². The van der Waals surface area contributed by atoms with Crippen molar-refractivity contribution in [3.05, 3.63) is 35.5 Å². The largest absolute Gasteiger partial charge is 0.496 e. The van der Waals surface area contributed by atoms with Crippen LogP contribution in [0.3, 0.4) is 0 Å². The van der Waals surface area contributed by atoms with E-state index in [4.69, 9.17) is 25.0 Å². The van der Waals surface area contributed by atoms with Crippen LogP contribution >= 0.6 is 0 Å². The van der Waals surface area contributed by atoms with Gasteiger partial charge in [0, 0.05) is 45.0 Å². The highest BCUT2D eigenvalue weighted by atomic mass is 16.5. The van der Waals surface area contributed by atoms with Gasteiger partial charge in [0.2, 0.25) is 5.95 Å². The Hall–Kier alpha value is -2.95. The predicted molar refractivity (Wildman–Crippen MR) is 137 cm³/mol. The predicted octanol–water partition coefficient (Wildman–Crippen LogP) is 2.60. The van der Waals surface area contributed by atoms with Gasteiger partial charge in [0.25, 0.3) is 0 Å². The molecule has 3 aromatic rings. The van der Waals surface area contributed by atoms with E-state index in [1.165, 1.54) is 5.56 Å². The van der Waals surface area contributed by atoms with Crippen molar-refractivity contribution >= 4 is 22.8 Å². The van der Waals surface area contributed by atoms with Crippen LogP contribution < -0.4 is 20.7 Å². The third-order valence-electron chi connectivity index (χ3n) is 6.26. The Bertz CT molecular complexity index is 1090. The molecular weight excluding hydrogens is 446 g/mol. The second-order valence-electron chi connectivity index (χ2n) is 8.89. The highest BCUT2D eigenvalue weighted by Crippen LogP contribution is 2.26. The number of methoxy groups -OCH3 is 2. The average molecular weight is 484 g/mol. The van der Waals surface area contributed by atoms with E-state index in [9.17, 15) is 0 Å². The van der Waals surface area contributed by atoms with Gasteiger partial charge in [-0.2, -0.15) is 10.1 Å². The maximum absolute atomic E-state index is 6.07. The van der Waals surface area contributed by atoms with Gasteiger partial charge in [0.15, 0.2) is 11.3 Å². The lowest BCUT2D eigenvalue weighted by atomic mass is 10.1. The second kappa shape index (κ2) is 12.1. The van der Waals surface area contributed by atoms with Crippen molar-refractivity contribution in [3.63, 3.8) is 0 Å². The van der Waals surface area contributed by atoms with Crippen LogP contribution in [-0.4, -0.2) is 72.9 Å². The highest BCUT2D eigenvalue weighted by molar-refractivity contribution is 5.86. The first-order valence-electron chi connectivity index (χ1n) is 12.3. The van der Waals surface area contributed by atoms with Gasteiger partial charge in [0.1, 0.15) is 11.3 Å². The van der Waals surface area contributed by atoms with E-state index in [1.54, 1.807) is 14.2 Å². The third kappa shape index (κ3) is 6.39. The molecule has 1 aliphatic rings. The molecule has 1 aliphatic heterocycles. The molecule has 4 rings (SSSR count). The fraction of sp³-hybridized carbons (Fsp3) is 0.560. The minimum absolute atomic E-state index is 0.244. The number of benzene rings is 1. The van der Waals surface area contributed by atoms with Gasteiger partial charge in [-0.1, -0.05) is 25.5 Å². The summed E-state index contributed by atoms with van der Waals surface area (Å²) < 4.78 is 18.3. The number of fused-ring (bicyclic) bond motifs is 1. The van der Waals surface area contributed by atoms with Gasteiger partial charge in [-0.25, -0.2) is 4.98 Å². The quantitative estimate of drug-likeness (QED) is 0.379. The van der Waals surface area contributed by atoms with Gasteiger partial charge >= 0.3 is 0 Å². The Kier molecular flexibility index (Phi) is 8.73. The molecule has 0 amide bonds. The van der Waals surface area contributed by atoms with E-state index in [0.29, 0.717) is 25.7 Å². The van der Waals surface area contributed by atoms with Crippen LogP contribution in [0.1, 0.15) is 37.3 Å². The van der Waals surface area contributed by atoms with Crippen LogP contribution in [0.25, 0.3) is 11.0 Å². The Morgan fingerprint density at radius 1 is 1.26 bits per heavy atom. The fourth-order valence-corrected chi connectivity index (χ4v) is 4.30. The number of unbranched alkanes of at least 4 members (excludes halogenated alkanes) is 1.